The Morgan fingerprint density at radius 1 is 1.19 bits per heavy atom. The average molecular weight is 562 g/mol. The topological polar surface area (TPSA) is 84.4 Å². The lowest BCUT2D eigenvalue weighted by Gasteiger charge is -2.34. The maximum Gasteiger partial charge on any atom is 0.410 e. The highest BCUT2D eigenvalue weighted by Gasteiger charge is 2.27. The summed E-state index contributed by atoms with van der Waals surface area (Å²) in [6, 6.07) is 5.94. The molecule has 1 saturated heterocycles. The number of amides is 1. The first-order valence-corrected chi connectivity index (χ1v) is 10.9. The van der Waals surface area contributed by atoms with Crippen LogP contribution < -0.4 is 20.1 Å². The van der Waals surface area contributed by atoms with Gasteiger partial charge in [-0.05, 0) is 63.6 Å². The zero-order chi connectivity index (χ0) is 22.9. The molecule has 1 fully saturated rings. The van der Waals surface area contributed by atoms with Gasteiger partial charge in [-0.15, -0.1) is 24.0 Å². The van der Waals surface area contributed by atoms with Crippen molar-refractivity contribution in [2.75, 3.05) is 47.4 Å². The predicted octanol–water partition coefficient (Wildman–Crippen LogP) is 3.68. The zero-order valence-electron chi connectivity index (χ0n) is 20.2. The number of likely N-dealkylation sites (tertiary alicyclic amines) is 1. The molecule has 1 unspecified atom stereocenters. The number of carbonyl (C=O) groups excluding carboxylic acids is 1. The second-order valence-electron chi connectivity index (χ2n) is 8.75. The Hall–Kier alpha value is -1.91. The Morgan fingerprint density at radius 2 is 1.91 bits per heavy atom. The van der Waals surface area contributed by atoms with Crippen LogP contribution in [-0.4, -0.2) is 70.0 Å². The Labute approximate surface area is 209 Å². The van der Waals surface area contributed by atoms with Gasteiger partial charge in [-0.2, -0.15) is 0 Å². The lowest BCUT2D eigenvalue weighted by atomic mass is 9.98. The summed E-state index contributed by atoms with van der Waals surface area (Å²) in [6.07, 6.45) is 2.66. The number of benzene rings is 1. The number of aliphatic imine (C=N–C) groups is 1. The molecule has 0 saturated carbocycles. The Bertz CT molecular complexity index is 752. The van der Waals surface area contributed by atoms with E-state index in [1.807, 2.05) is 43.9 Å². The minimum Gasteiger partial charge on any atom is -0.493 e. The Morgan fingerprint density at radius 3 is 2.53 bits per heavy atom. The van der Waals surface area contributed by atoms with Gasteiger partial charge in [-0.1, -0.05) is 6.07 Å². The maximum absolute atomic E-state index is 12.3. The molecule has 182 valence electrons. The largest absolute Gasteiger partial charge is 0.493 e. The summed E-state index contributed by atoms with van der Waals surface area (Å²) in [5.41, 5.74) is 0.683. The van der Waals surface area contributed by atoms with Crippen LogP contribution in [0, 0.1) is 5.92 Å². The van der Waals surface area contributed by atoms with Gasteiger partial charge in [0.15, 0.2) is 17.5 Å². The third-order valence-electron chi connectivity index (χ3n) is 5.11. The van der Waals surface area contributed by atoms with Crippen molar-refractivity contribution in [3.05, 3.63) is 23.8 Å². The third-order valence-corrected chi connectivity index (χ3v) is 5.11. The van der Waals surface area contributed by atoms with E-state index in [9.17, 15) is 4.79 Å². The number of halogens is 1. The summed E-state index contributed by atoms with van der Waals surface area (Å²) in [4.78, 5) is 18.5. The normalized spacial score (nSPS) is 16.6. The summed E-state index contributed by atoms with van der Waals surface area (Å²) >= 11 is 0. The number of hydrogen-bond donors (Lipinski definition) is 2. The van der Waals surface area contributed by atoms with Crippen LogP contribution in [0.25, 0.3) is 0 Å². The van der Waals surface area contributed by atoms with Gasteiger partial charge in [-0.25, -0.2) is 4.79 Å². The number of hydrogen-bond acceptors (Lipinski definition) is 5. The number of guanidine groups is 1. The molecule has 1 amide bonds. The first kappa shape index (κ1) is 28.1. The summed E-state index contributed by atoms with van der Waals surface area (Å²) in [5, 5.41) is 6.74. The fourth-order valence-electron chi connectivity index (χ4n) is 3.55. The molecule has 1 heterocycles. The molecular formula is C23H39IN4O4. The van der Waals surface area contributed by atoms with Crippen molar-refractivity contribution in [3.8, 4) is 11.5 Å². The SMILES string of the molecule is CN=C(NCCc1ccc(OC)c(OC)c1)NCC1CCCN(C(=O)OC(C)(C)C)C1.I. The second-order valence-corrected chi connectivity index (χ2v) is 8.75. The molecule has 1 atom stereocenters. The first-order valence-electron chi connectivity index (χ1n) is 10.9. The first-order chi connectivity index (χ1) is 14.8. The molecule has 2 N–H and O–H groups in total. The highest BCUT2D eigenvalue weighted by Crippen LogP contribution is 2.27. The molecule has 0 radical (unpaired) electrons. The van der Waals surface area contributed by atoms with Crippen LogP contribution in [0.2, 0.25) is 0 Å². The predicted molar refractivity (Wildman–Crippen MR) is 139 cm³/mol. The van der Waals surface area contributed by atoms with E-state index in [0.29, 0.717) is 12.5 Å². The Kier molecular flexibility index (Phi) is 11.9. The van der Waals surface area contributed by atoms with Crippen molar-refractivity contribution >= 4 is 36.0 Å². The van der Waals surface area contributed by atoms with E-state index in [0.717, 1.165) is 61.9 Å². The van der Waals surface area contributed by atoms with E-state index in [4.69, 9.17) is 14.2 Å². The molecule has 9 heteroatoms. The fourth-order valence-corrected chi connectivity index (χ4v) is 3.55. The quantitative estimate of drug-likeness (QED) is 0.300. The van der Waals surface area contributed by atoms with Crippen molar-refractivity contribution < 1.29 is 19.0 Å². The lowest BCUT2D eigenvalue weighted by Crippen LogP contribution is -2.47. The molecule has 1 aromatic carbocycles. The van der Waals surface area contributed by atoms with Gasteiger partial charge in [0.2, 0.25) is 0 Å². The minimum absolute atomic E-state index is 0. The monoisotopic (exact) mass is 562 g/mol. The van der Waals surface area contributed by atoms with Crippen LogP contribution in [0.15, 0.2) is 23.2 Å². The summed E-state index contributed by atoms with van der Waals surface area (Å²) < 4.78 is 16.2. The summed E-state index contributed by atoms with van der Waals surface area (Å²) in [7, 11) is 5.04. The lowest BCUT2D eigenvalue weighted by molar-refractivity contribution is 0.0168. The fraction of sp³-hybridized carbons (Fsp3) is 0.652. The van der Waals surface area contributed by atoms with E-state index in [2.05, 4.69) is 15.6 Å². The number of rotatable bonds is 7. The van der Waals surface area contributed by atoms with Gasteiger partial charge >= 0.3 is 6.09 Å². The molecule has 1 aliphatic rings. The Balaban J connectivity index is 0.00000512. The van der Waals surface area contributed by atoms with Gasteiger partial charge in [0.05, 0.1) is 14.2 Å². The van der Waals surface area contributed by atoms with E-state index >= 15 is 0 Å². The van der Waals surface area contributed by atoms with Gasteiger partial charge in [0, 0.05) is 33.2 Å². The number of ether oxygens (including phenoxy) is 3. The van der Waals surface area contributed by atoms with E-state index < -0.39 is 5.60 Å². The standard InChI is InChI=1S/C23H38N4O4.HI/c1-23(2,3)31-22(28)27-13-7-8-18(16-27)15-26-21(24-4)25-12-11-17-9-10-19(29-5)20(14-17)30-6;/h9-10,14,18H,7-8,11-13,15-16H2,1-6H3,(H2,24,25,26);1H. The molecule has 0 aromatic heterocycles. The van der Waals surface area contributed by atoms with Crippen LogP contribution in [-0.2, 0) is 11.2 Å². The van der Waals surface area contributed by atoms with Crippen LogP contribution >= 0.6 is 24.0 Å². The number of nitrogens with zero attached hydrogens (tertiary/aromatic N) is 2. The highest BCUT2D eigenvalue weighted by atomic mass is 127. The van der Waals surface area contributed by atoms with Crippen LogP contribution in [0.4, 0.5) is 4.79 Å². The third kappa shape index (κ3) is 9.30. The highest BCUT2D eigenvalue weighted by molar-refractivity contribution is 14.0. The molecule has 0 spiro atoms. The van der Waals surface area contributed by atoms with E-state index in [-0.39, 0.29) is 30.1 Å². The molecule has 1 aromatic rings. The van der Waals surface area contributed by atoms with Gasteiger partial charge in [0.25, 0.3) is 0 Å². The van der Waals surface area contributed by atoms with Crippen molar-refractivity contribution in [1.29, 1.82) is 0 Å². The second kappa shape index (κ2) is 13.6. The molecule has 2 rings (SSSR count). The van der Waals surface area contributed by atoms with Crippen LogP contribution in [0.3, 0.4) is 0 Å². The van der Waals surface area contributed by atoms with Gasteiger partial charge in [-0.3, -0.25) is 4.99 Å². The molecule has 1 aliphatic heterocycles. The van der Waals surface area contributed by atoms with Crippen molar-refractivity contribution in [2.24, 2.45) is 10.9 Å². The number of methoxy groups -OCH3 is 2. The molecule has 8 nitrogen and oxygen atoms in total. The zero-order valence-corrected chi connectivity index (χ0v) is 22.5. The maximum atomic E-state index is 12.3. The van der Waals surface area contributed by atoms with Crippen LogP contribution in [0.1, 0.15) is 39.2 Å². The molecule has 32 heavy (non-hydrogen) atoms. The average Bonchev–Trinajstić information content (AvgIpc) is 2.74. The van der Waals surface area contributed by atoms with Gasteiger partial charge < -0.3 is 29.7 Å². The summed E-state index contributed by atoms with van der Waals surface area (Å²) in [5.74, 6) is 2.58. The molecular weight excluding hydrogens is 523 g/mol. The smallest absolute Gasteiger partial charge is 0.410 e. The van der Waals surface area contributed by atoms with E-state index in [1.54, 1.807) is 21.3 Å². The van der Waals surface area contributed by atoms with Gasteiger partial charge in [0.1, 0.15) is 5.60 Å². The summed E-state index contributed by atoms with van der Waals surface area (Å²) in [6.45, 7) is 8.64. The molecule has 0 bridgehead atoms. The van der Waals surface area contributed by atoms with E-state index in [1.165, 1.54) is 0 Å². The molecule has 0 aliphatic carbocycles. The number of nitrogens with one attached hydrogen (secondary N) is 2. The van der Waals surface area contributed by atoms with Crippen molar-refractivity contribution in [2.45, 2.75) is 45.6 Å². The minimum atomic E-state index is -0.470. The van der Waals surface area contributed by atoms with Crippen molar-refractivity contribution in [3.63, 3.8) is 0 Å². The number of carbonyl (C=O) groups is 1. The van der Waals surface area contributed by atoms with Crippen molar-refractivity contribution in [1.82, 2.24) is 15.5 Å². The number of piperidine rings is 1. The van der Waals surface area contributed by atoms with Crippen LogP contribution in [0.5, 0.6) is 11.5 Å².